The molecule has 14 heavy (non-hydrogen) atoms. The van der Waals surface area contributed by atoms with Gasteiger partial charge in [-0.2, -0.15) is 0 Å². The van der Waals surface area contributed by atoms with Crippen molar-refractivity contribution in [2.75, 3.05) is 17.7 Å². The van der Waals surface area contributed by atoms with E-state index in [2.05, 4.69) is 5.32 Å². The SMILES string of the molecule is CCOc1ccc(N)c(NC(C)=O)c1. The van der Waals surface area contributed by atoms with Gasteiger partial charge in [0.15, 0.2) is 0 Å². The lowest BCUT2D eigenvalue weighted by Crippen LogP contribution is -2.08. The Labute approximate surface area is 83.1 Å². The van der Waals surface area contributed by atoms with Gasteiger partial charge in [0.05, 0.1) is 18.0 Å². The number of carbonyl (C=O) groups excluding carboxylic acids is 1. The molecule has 4 heteroatoms. The lowest BCUT2D eigenvalue weighted by Gasteiger charge is -2.09. The molecule has 0 spiro atoms. The minimum absolute atomic E-state index is 0.148. The minimum atomic E-state index is -0.148. The Bertz CT molecular complexity index is 337. The van der Waals surface area contributed by atoms with Crippen LogP contribution in [0.15, 0.2) is 18.2 Å². The third-order valence-electron chi connectivity index (χ3n) is 1.65. The minimum Gasteiger partial charge on any atom is -0.494 e. The Kier molecular flexibility index (Phi) is 3.34. The number of nitrogens with two attached hydrogens (primary N) is 1. The van der Waals surface area contributed by atoms with E-state index in [-0.39, 0.29) is 5.91 Å². The molecule has 1 rings (SSSR count). The van der Waals surface area contributed by atoms with Crippen LogP contribution in [-0.4, -0.2) is 12.5 Å². The van der Waals surface area contributed by atoms with E-state index in [0.717, 1.165) is 0 Å². The maximum atomic E-state index is 10.8. The third-order valence-corrected chi connectivity index (χ3v) is 1.65. The first kappa shape index (κ1) is 10.4. The molecule has 0 aliphatic rings. The van der Waals surface area contributed by atoms with Crippen molar-refractivity contribution in [1.82, 2.24) is 0 Å². The molecule has 0 saturated carbocycles. The number of ether oxygens (including phenoxy) is 1. The average Bonchev–Trinajstić information content (AvgIpc) is 2.10. The van der Waals surface area contributed by atoms with Crippen LogP contribution in [0.3, 0.4) is 0 Å². The zero-order chi connectivity index (χ0) is 10.6. The van der Waals surface area contributed by atoms with E-state index in [1.165, 1.54) is 6.92 Å². The highest BCUT2D eigenvalue weighted by Gasteiger charge is 2.02. The summed E-state index contributed by atoms with van der Waals surface area (Å²) in [6, 6.07) is 5.18. The molecular weight excluding hydrogens is 180 g/mol. The largest absolute Gasteiger partial charge is 0.494 e. The summed E-state index contributed by atoms with van der Waals surface area (Å²) in [5.41, 5.74) is 6.78. The van der Waals surface area contributed by atoms with Crippen molar-refractivity contribution < 1.29 is 9.53 Å². The van der Waals surface area contributed by atoms with E-state index >= 15 is 0 Å². The zero-order valence-corrected chi connectivity index (χ0v) is 8.33. The van der Waals surface area contributed by atoms with Crippen LogP contribution >= 0.6 is 0 Å². The molecule has 0 heterocycles. The van der Waals surface area contributed by atoms with Crippen molar-refractivity contribution in [3.8, 4) is 5.75 Å². The van der Waals surface area contributed by atoms with E-state index < -0.39 is 0 Å². The lowest BCUT2D eigenvalue weighted by atomic mass is 10.2. The molecule has 1 aromatic rings. The lowest BCUT2D eigenvalue weighted by molar-refractivity contribution is -0.114. The van der Waals surface area contributed by atoms with Gasteiger partial charge in [0.1, 0.15) is 5.75 Å². The molecule has 0 bridgehead atoms. The van der Waals surface area contributed by atoms with Gasteiger partial charge in [-0.05, 0) is 19.1 Å². The number of hydrogen-bond acceptors (Lipinski definition) is 3. The van der Waals surface area contributed by atoms with Crippen molar-refractivity contribution >= 4 is 17.3 Å². The summed E-state index contributed by atoms with van der Waals surface area (Å²) in [6.07, 6.45) is 0. The predicted molar refractivity (Wildman–Crippen MR) is 56.3 cm³/mol. The van der Waals surface area contributed by atoms with Crippen LogP contribution in [0.2, 0.25) is 0 Å². The second-order valence-corrected chi connectivity index (χ2v) is 2.86. The van der Waals surface area contributed by atoms with Crippen LogP contribution in [0, 0.1) is 0 Å². The molecule has 0 aliphatic carbocycles. The molecule has 1 aromatic carbocycles. The van der Waals surface area contributed by atoms with Crippen molar-refractivity contribution in [1.29, 1.82) is 0 Å². The zero-order valence-electron chi connectivity index (χ0n) is 8.33. The maximum Gasteiger partial charge on any atom is 0.221 e. The summed E-state index contributed by atoms with van der Waals surface area (Å²) < 4.78 is 5.28. The van der Waals surface area contributed by atoms with Gasteiger partial charge in [-0.25, -0.2) is 0 Å². The fourth-order valence-corrected chi connectivity index (χ4v) is 1.09. The van der Waals surface area contributed by atoms with E-state index in [1.54, 1.807) is 18.2 Å². The first-order chi connectivity index (χ1) is 6.63. The highest BCUT2D eigenvalue weighted by Crippen LogP contribution is 2.24. The van der Waals surface area contributed by atoms with Gasteiger partial charge in [-0.1, -0.05) is 0 Å². The summed E-state index contributed by atoms with van der Waals surface area (Å²) in [4.78, 5) is 10.8. The smallest absolute Gasteiger partial charge is 0.221 e. The molecule has 0 saturated heterocycles. The monoisotopic (exact) mass is 194 g/mol. The number of hydrogen-bond donors (Lipinski definition) is 2. The van der Waals surface area contributed by atoms with Crippen LogP contribution in [0.4, 0.5) is 11.4 Å². The number of amides is 1. The predicted octanol–water partition coefficient (Wildman–Crippen LogP) is 1.63. The summed E-state index contributed by atoms with van der Waals surface area (Å²) in [6.45, 7) is 3.92. The fourth-order valence-electron chi connectivity index (χ4n) is 1.09. The van der Waals surface area contributed by atoms with Gasteiger partial charge in [-0.15, -0.1) is 0 Å². The number of carbonyl (C=O) groups is 1. The van der Waals surface area contributed by atoms with Gasteiger partial charge < -0.3 is 15.8 Å². The fraction of sp³-hybridized carbons (Fsp3) is 0.300. The molecule has 0 fully saturated rings. The Morgan fingerprint density at radius 2 is 2.29 bits per heavy atom. The number of nitrogen functional groups attached to an aromatic ring is 1. The molecule has 0 aliphatic heterocycles. The van der Waals surface area contributed by atoms with Gasteiger partial charge in [0.25, 0.3) is 0 Å². The van der Waals surface area contributed by atoms with E-state index in [0.29, 0.717) is 23.7 Å². The van der Waals surface area contributed by atoms with Crippen LogP contribution in [-0.2, 0) is 4.79 Å². The molecule has 0 radical (unpaired) electrons. The number of anilines is 2. The van der Waals surface area contributed by atoms with Crippen LogP contribution in [0.5, 0.6) is 5.75 Å². The van der Waals surface area contributed by atoms with Gasteiger partial charge in [-0.3, -0.25) is 4.79 Å². The van der Waals surface area contributed by atoms with Crippen molar-refractivity contribution in [2.45, 2.75) is 13.8 Å². The average molecular weight is 194 g/mol. The Morgan fingerprint density at radius 3 is 2.86 bits per heavy atom. The summed E-state index contributed by atoms with van der Waals surface area (Å²) in [7, 11) is 0. The van der Waals surface area contributed by atoms with Crippen molar-refractivity contribution in [3.05, 3.63) is 18.2 Å². The topological polar surface area (TPSA) is 64.3 Å². The number of rotatable bonds is 3. The second kappa shape index (κ2) is 4.50. The molecule has 4 nitrogen and oxygen atoms in total. The molecular formula is C10H14N2O2. The third kappa shape index (κ3) is 2.65. The Hall–Kier alpha value is -1.71. The number of nitrogens with one attached hydrogen (secondary N) is 1. The van der Waals surface area contributed by atoms with E-state index in [1.807, 2.05) is 6.92 Å². The quantitative estimate of drug-likeness (QED) is 0.719. The summed E-state index contributed by atoms with van der Waals surface area (Å²) in [5, 5.41) is 2.63. The molecule has 0 aromatic heterocycles. The van der Waals surface area contributed by atoms with Crippen LogP contribution in [0.25, 0.3) is 0 Å². The Balaban J connectivity index is 2.90. The Morgan fingerprint density at radius 1 is 1.57 bits per heavy atom. The van der Waals surface area contributed by atoms with Crippen LogP contribution in [0.1, 0.15) is 13.8 Å². The van der Waals surface area contributed by atoms with Gasteiger partial charge in [0.2, 0.25) is 5.91 Å². The highest BCUT2D eigenvalue weighted by atomic mass is 16.5. The van der Waals surface area contributed by atoms with Crippen LogP contribution < -0.4 is 15.8 Å². The summed E-state index contributed by atoms with van der Waals surface area (Å²) in [5.74, 6) is 0.552. The van der Waals surface area contributed by atoms with Crippen molar-refractivity contribution in [2.24, 2.45) is 0 Å². The van der Waals surface area contributed by atoms with Crippen molar-refractivity contribution in [3.63, 3.8) is 0 Å². The molecule has 1 amide bonds. The molecule has 3 N–H and O–H groups in total. The van der Waals surface area contributed by atoms with Gasteiger partial charge >= 0.3 is 0 Å². The van der Waals surface area contributed by atoms with Gasteiger partial charge in [0, 0.05) is 13.0 Å². The number of benzene rings is 1. The van der Waals surface area contributed by atoms with E-state index in [9.17, 15) is 4.79 Å². The highest BCUT2D eigenvalue weighted by molar-refractivity contribution is 5.92. The first-order valence-corrected chi connectivity index (χ1v) is 4.43. The normalized spacial score (nSPS) is 9.57. The maximum absolute atomic E-state index is 10.8. The molecule has 0 unspecified atom stereocenters. The second-order valence-electron chi connectivity index (χ2n) is 2.86. The molecule has 0 atom stereocenters. The standard InChI is InChI=1S/C10H14N2O2/c1-3-14-8-4-5-9(11)10(6-8)12-7(2)13/h4-6H,3,11H2,1-2H3,(H,12,13). The summed E-state index contributed by atoms with van der Waals surface area (Å²) >= 11 is 0. The molecule has 76 valence electrons. The van der Waals surface area contributed by atoms with E-state index in [4.69, 9.17) is 10.5 Å². The first-order valence-electron chi connectivity index (χ1n) is 4.43.